The van der Waals surface area contributed by atoms with E-state index in [2.05, 4.69) is 26.0 Å². The molecular weight excluding hydrogens is 322 g/mol. The van der Waals surface area contributed by atoms with E-state index in [1.54, 1.807) is 6.20 Å². The highest BCUT2D eigenvalue weighted by atomic mass is 79.9. The van der Waals surface area contributed by atoms with Crippen LogP contribution < -0.4 is 0 Å². The predicted molar refractivity (Wildman–Crippen MR) is 78.4 cm³/mol. The zero-order valence-electron chi connectivity index (χ0n) is 11.1. The highest BCUT2D eigenvalue weighted by Crippen LogP contribution is 2.19. The number of carbonyl (C=O) groups excluding carboxylic acids is 1. The number of hydrogen-bond donors (Lipinski definition) is 0. The van der Waals surface area contributed by atoms with Crippen molar-refractivity contribution >= 4 is 27.5 Å². The first kappa shape index (κ1) is 13.7. The number of hydrazone groups is 1. The molecule has 20 heavy (non-hydrogen) atoms. The second-order valence-electron chi connectivity index (χ2n) is 5.05. The zero-order valence-corrected chi connectivity index (χ0v) is 12.7. The summed E-state index contributed by atoms with van der Waals surface area (Å²) in [6, 6.07) is 3.78. The molecule has 3 heterocycles. The molecule has 2 aliphatic heterocycles. The largest absolute Gasteiger partial charge is 0.376 e. The van der Waals surface area contributed by atoms with Gasteiger partial charge in [0.25, 0.3) is 0 Å². The maximum atomic E-state index is 12.0. The number of halogens is 1. The lowest BCUT2D eigenvalue weighted by Crippen LogP contribution is -2.34. The summed E-state index contributed by atoms with van der Waals surface area (Å²) in [5.41, 5.74) is 1.49. The van der Waals surface area contributed by atoms with Gasteiger partial charge < -0.3 is 4.74 Å². The van der Waals surface area contributed by atoms with Crippen LogP contribution in [0.25, 0.3) is 0 Å². The number of carbonyl (C=O) groups is 1. The van der Waals surface area contributed by atoms with Crippen molar-refractivity contribution in [2.75, 3.05) is 13.2 Å². The van der Waals surface area contributed by atoms with Crippen LogP contribution in [0.1, 0.15) is 31.4 Å². The summed E-state index contributed by atoms with van der Waals surface area (Å²) < 4.78 is 6.58. The highest BCUT2D eigenvalue weighted by molar-refractivity contribution is 9.10. The molecule has 1 aromatic rings. The monoisotopic (exact) mass is 337 g/mol. The molecule has 0 aromatic carbocycles. The van der Waals surface area contributed by atoms with Crippen LogP contribution in [0.5, 0.6) is 0 Å². The second-order valence-corrected chi connectivity index (χ2v) is 5.97. The molecule has 1 atom stereocenters. The molecule has 3 rings (SSSR count). The molecule has 1 saturated heterocycles. The summed E-state index contributed by atoms with van der Waals surface area (Å²) in [6.45, 7) is 1.34. The fraction of sp³-hybridized carbons (Fsp3) is 0.500. The van der Waals surface area contributed by atoms with Gasteiger partial charge in [0, 0.05) is 17.3 Å². The molecule has 0 N–H and O–H groups in total. The van der Waals surface area contributed by atoms with E-state index in [1.165, 1.54) is 5.01 Å². The Labute approximate surface area is 126 Å². The van der Waals surface area contributed by atoms with E-state index in [0.29, 0.717) is 13.0 Å². The molecule has 6 heteroatoms. The molecule has 1 fully saturated rings. The van der Waals surface area contributed by atoms with Crippen molar-refractivity contribution < 1.29 is 9.53 Å². The molecule has 106 valence electrons. The maximum absolute atomic E-state index is 12.0. The Kier molecular flexibility index (Phi) is 4.12. The van der Waals surface area contributed by atoms with Crippen molar-refractivity contribution in [3.63, 3.8) is 0 Å². The molecule has 0 bridgehead atoms. The minimum absolute atomic E-state index is 0.0268. The number of aromatic nitrogens is 1. The van der Waals surface area contributed by atoms with Crippen LogP contribution in [0.4, 0.5) is 0 Å². The van der Waals surface area contributed by atoms with Gasteiger partial charge in [-0.15, -0.1) is 0 Å². The molecule has 1 aromatic heterocycles. The smallest absolute Gasteiger partial charge is 0.248 e. The Morgan fingerprint density at radius 1 is 1.40 bits per heavy atom. The summed E-state index contributed by atoms with van der Waals surface area (Å²) in [6.07, 6.45) is 5.44. The number of hydrogen-bond acceptors (Lipinski definition) is 4. The van der Waals surface area contributed by atoms with Crippen LogP contribution in [0, 0.1) is 0 Å². The number of amides is 1. The number of rotatable bonds is 3. The van der Waals surface area contributed by atoms with Crippen LogP contribution in [0.3, 0.4) is 0 Å². The summed E-state index contributed by atoms with van der Waals surface area (Å²) >= 11 is 3.35. The topological polar surface area (TPSA) is 54.8 Å². The van der Waals surface area contributed by atoms with Crippen LogP contribution >= 0.6 is 15.9 Å². The predicted octanol–water partition coefficient (Wildman–Crippen LogP) is 2.35. The van der Waals surface area contributed by atoms with Crippen molar-refractivity contribution in [3.8, 4) is 0 Å². The molecular formula is C14H16BrN3O2. The number of nitrogens with zero attached hydrogens (tertiary/aromatic N) is 3. The van der Waals surface area contributed by atoms with Crippen molar-refractivity contribution in [2.45, 2.75) is 31.8 Å². The summed E-state index contributed by atoms with van der Waals surface area (Å²) in [4.78, 5) is 16.3. The standard InChI is InChI=1S/C14H16BrN3O2/c15-10-4-5-12(16-8-10)13-7-14(19)18(17-13)9-11-3-1-2-6-20-11/h4-5,8,11H,1-3,6-7,9H2. The van der Waals surface area contributed by atoms with Gasteiger partial charge >= 0.3 is 0 Å². The molecule has 1 unspecified atom stereocenters. The average molecular weight is 338 g/mol. The molecule has 0 saturated carbocycles. The molecule has 1 amide bonds. The summed E-state index contributed by atoms with van der Waals surface area (Å²) in [5, 5.41) is 5.94. The van der Waals surface area contributed by atoms with Gasteiger partial charge in [-0.2, -0.15) is 5.10 Å². The minimum Gasteiger partial charge on any atom is -0.376 e. The highest BCUT2D eigenvalue weighted by Gasteiger charge is 2.28. The van der Waals surface area contributed by atoms with E-state index in [1.807, 2.05) is 12.1 Å². The molecule has 0 aliphatic carbocycles. The SMILES string of the molecule is O=C1CC(c2ccc(Br)cn2)=NN1CC1CCCCO1. The van der Waals surface area contributed by atoms with E-state index in [4.69, 9.17) is 4.74 Å². The van der Waals surface area contributed by atoms with Crippen LogP contribution in [-0.2, 0) is 9.53 Å². The van der Waals surface area contributed by atoms with Crippen molar-refractivity contribution in [2.24, 2.45) is 5.10 Å². The molecule has 2 aliphatic rings. The van der Waals surface area contributed by atoms with Gasteiger partial charge in [-0.3, -0.25) is 9.78 Å². The third-order valence-electron chi connectivity index (χ3n) is 3.52. The quantitative estimate of drug-likeness (QED) is 0.850. The first-order chi connectivity index (χ1) is 9.72. The van der Waals surface area contributed by atoms with E-state index >= 15 is 0 Å². The third kappa shape index (κ3) is 3.07. The normalized spacial score (nSPS) is 23.1. The number of pyridine rings is 1. The fourth-order valence-electron chi connectivity index (χ4n) is 2.45. The average Bonchev–Trinajstić information content (AvgIpc) is 2.82. The Morgan fingerprint density at radius 3 is 3.00 bits per heavy atom. The summed E-state index contributed by atoms with van der Waals surface area (Å²) in [7, 11) is 0. The molecule has 0 radical (unpaired) electrons. The Bertz CT molecular complexity index is 524. The van der Waals surface area contributed by atoms with E-state index in [0.717, 1.165) is 41.7 Å². The van der Waals surface area contributed by atoms with Crippen LogP contribution in [0.15, 0.2) is 27.9 Å². The Hall–Kier alpha value is -1.27. The molecule has 0 spiro atoms. The lowest BCUT2D eigenvalue weighted by molar-refractivity contribution is -0.131. The first-order valence-corrected chi connectivity index (χ1v) is 7.63. The lowest BCUT2D eigenvalue weighted by Gasteiger charge is -2.25. The molecule has 5 nitrogen and oxygen atoms in total. The van der Waals surface area contributed by atoms with Gasteiger partial charge in [-0.05, 0) is 47.3 Å². The van der Waals surface area contributed by atoms with Gasteiger partial charge in [0.2, 0.25) is 5.91 Å². The minimum atomic E-state index is 0.0268. The third-order valence-corrected chi connectivity index (χ3v) is 3.99. The maximum Gasteiger partial charge on any atom is 0.248 e. The second kappa shape index (κ2) is 6.01. The van der Waals surface area contributed by atoms with Crippen molar-refractivity contribution in [1.82, 2.24) is 9.99 Å². The van der Waals surface area contributed by atoms with E-state index in [9.17, 15) is 4.79 Å². The van der Waals surface area contributed by atoms with Gasteiger partial charge in [-0.25, -0.2) is 5.01 Å². The van der Waals surface area contributed by atoms with Gasteiger partial charge in [0.15, 0.2) is 0 Å². The van der Waals surface area contributed by atoms with Gasteiger partial charge in [0.05, 0.1) is 30.5 Å². The van der Waals surface area contributed by atoms with Crippen LogP contribution in [0.2, 0.25) is 0 Å². The summed E-state index contributed by atoms with van der Waals surface area (Å²) in [5.74, 6) is 0.0268. The van der Waals surface area contributed by atoms with E-state index in [-0.39, 0.29) is 12.0 Å². The Morgan fingerprint density at radius 2 is 2.30 bits per heavy atom. The van der Waals surface area contributed by atoms with Gasteiger partial charge in [-0.1, -0.05) is 0 Å². The van der Waals surface area contributed by atoms with Crippen LogP contribution in [-0.4, -0.2) is 40.9 Å². The lowest BCUT2D eigenvalue weighted by atomic mass is 10.1. The van der Waals surface area contributed by atoms with Gasteiger partial charge in [0.1, 0.15) is 0 Å². The zero-order chi connectivity index (χ0) is 13.9. The van der Waals surface area contributed by atoms with E-state index < -0.39 is 0 Å². The Balaban J connectivity index is 1.69. The van der Waals surface area contributed by atoms with Crippen molar-refractivity contribution in [1.29, 1.82) is 0 Å². The first-order valence-electron chi connectivity index (χ1n) is 6.84. The fourth-order valence-corrected chi connectivity index (χ4v) is 2.68. The van der Waals surface area contributed by atoms with Crippen molar-refractivity contribution in [3.05, 3.63) is 28.5 Å². The number of ether oxygens (including phenoxy) is 1.